The molecule has 144 valence electrons. The normalized spacial score (nSPS) is 17.8. The van der Waals surface area contributed by atoms with Gasteiger partial charge in [0.25, 0.3) is 0 Å². The molecule has 7 heteroatoms. The van der Waals surface area contributed by atoms with E-state index in [0.29, 0.717) is 18.9 Å². The molecule has 1 atom stereocenters. The molecule has 0 bridgehead atoms. The van der Waals surface area contributed by atoms with Crippen molar-refractivity contribution in [3.05, 3.63) is 24.3 Å². The molecule has 1 saturated heterocycles. The maximum Gasteiger partial charge on any atom is 0.317 e. The second-order valence-electron chi connectivity index (χ2n) is 6.47. The average Bonchev–Trinajstić information content (AvgIpc) is 2.87. The fourth-order valence-electron chi connectivity index (χ4n) is 3.15. The Kier molecular flexibility index (Phi) is 8.25. The Labute approximate surface area is 159 Å². The lowest BCUT2D eigenvalue weighted by atomic mass is 10.1. The number of hydrogen-bond donors (Lipinski definition) is 1. The van der Waals surface area contributed by atoms with Gasteiger partial charge < -0.3 is 14.7 Å². The molecular formula is C19H28N2O4S. The fraction of sp³-hybridized carbons (Fsp3) is 0.579. The van der Waals surface area contributed by atoms with Crippen LogP contribution in [0, 0.1) is 0 Å². The van der Waals surface area contributed by atoms with Crippen LogP contribution in [0.3, 0.4) is 0 Å². The summed E-state index contributed by atoms with van der Waals surface area (Å²) < 4.78 is 5.42. The van der Waals surface area contributed by atoms with Crippen molar-refractivity contribution in [3.63, 3.8) is 0 Å². The number of rotatable bonds is 8. The number of aliphatic carboxylic acids is 1. The smallest absolute Gasteiger partial charge is 0.317 e. The topological polar surface area (TPSA) is 70.1 Å². The molecule has 1 fully saturated rings. The molecule has 26 heavy (non-hydrogen) atoms. The second kappa shape index (κ2) is 10.4. The first kappa shape index (κ1) is 20.6. The highest BCUT2D eigenvalue weighted by atomic mass is 32.2. The third kappa shape index (κ3) is 6.53. The van der Waals surface area contributed by atoms with E-state index < -0.39 is 5.97 Å². The predicted molar refractivity (Wildman–Crippen MR) is 103 cm³/mol. The van der Waals surface area contributed by atoms with Crippen molar-refractivity contribution >= 4 is 23.6 Å². The van der Waals surface area contributed by atoms with Crippen LogP contribution < -0.4 is 4.74 Å². The number of carbonyl (C=O) groups is 2. The number of hydrogen-bond acceptors (Lipinski definition) is 5. The molecule has 1 aromatic carbocycles. The van der Waals surface area contributed by atoms with Crippen LogP contribution in [-0.2, 0) is 9.59 Å². The molecule has 0 aliphatic carbocycles. The highest BCUT2D eigenvalue weighted by Gasteiger charge is 2.23. The fourth-order valence-corrected chi connectivity index (χ4v) is 3.95. The first-order valence-electron chi connectivity index (χ1n) is 9.05. The first-order chi connectivity index (χ1) is 12.5. The SMILES string of the molecule is CCOc1ccc(SCC(=O)N2CCCC(N(C)CC(=O)O)CC2)cc1. The molecule has 1 aliphatic heterocycles. The van der Waals surface area contributed by atoms with Gasteiger partial charge in [-0.1, -0.05) is 0 Å². The average molecular weight is 381 g/mol. The van der Waals surface area contributed by atoms with Gasteiger partial charge in [0, 0.05) is 24.0 Å². The summed E-state index contributed by atoms with van der Waals surface area (Å²) in [6.45, 7) is 4.08. The Balaban J connectivity index is 1.79. The van der Waals surface area contributed by atoms with Gasteiger partial charge in [0.15, 0.2) is 0 Å². The van der Waals surface area contributed by atoms with Gasteiger partial charge >= 0.3 is 5.97 Å². The minimum atomic E-state index is -0.809. The summed E-state index contributed by atoms with van der Waals surface area (Å²) in [5.74, 6) is 0.595. The molecule has 2 rings (SSSR count). The number of nitrogens with zero attached hydrogens (tertiary/aromatic N) is 2. The molecule has 0 radical (unpaired) electrons. The van der Waals surface area contributed by atoms with E-state index >= 15 is 0 Å². The zero-order valence-corrected chi connectivity index (χ0v) is 16.3. The summed E-state index contributed by atoms with van der Waals surface area (Å²) in [6, 6.07) is 8.02. The van der Waals surface area contributed by atoms with Crippen LogP contribution in [0.15, 0.2) is 29.2 Å². The number of ether oxygens (including phenoxy) is 1. The maximum absolute atomic E-state index is 12.5. The third-order valence-electron chi connectivity index (χ3n) is 4.56. The number of carboxylic acids is 1. The zero-order valence-electron chi connectivity index (χ0n) is 15.5. The van der Waals surface area contributed by atoms with Gasteiger partial charge in [0.1, 0.15) is 5.75 Å². The highest BCUT2D eigenvalue weighted by Crippen LogP contribution is 2.23. The maximum atomic E-state index is 12.5. The molecule has 1 amide bonds. The van der Waals surface area contributed by atoms with E-state index in [4.69, 9.17) is 9.84 Å². The molecule has 6 nitrogen and oxygen atoms in total. The number of carboxylic acid groups (broad SMARTS) is 1. The van der Waals surface area contributed by atoms with Crippen molar-refractivity contribution < 1.29 is 19.4 Å². The van der Waals surface area contributed by atoms with Crippen molar-refractivity contribution in [2.45, 2.75) is 37.1 Å². The van der Waals surface area contributed by atoms with Crippen LogP contribution in [0.4, 0.5) is 0 Å². The van der Waals surface area contributed by atoms with Crippen LogP contribution in [0.5, 0.6) is 5.75 Å². The van der Waals surface area contributed by atoms with Gasteiger partial charge in [-0.25, -0.2) is 0 Å². The minimum Gasteiger partial charge on any atom is -0.494 e. The predicted octanol–water partition coefficient (Wildman–Crippen LogP) is 2.57. The Morgan fingerprint density at radius 1 is 1.27 bits per heavy atom. The van der Waals surface area contributed by atoms with Gasteiger partial charge in [0.05, 0.1) is 18.9 Å². The van der Waals surface area contributed by atoms with E-state index in [1.165, 1.54) is 11.8 Å². The van der Waals surface area contributed by atoms with E-state index in [0.717, 1.165) is 36.5 Å². The lowest BCUT2D eigenvalue weighted by molar-refractivity contribution is -0.138. The highest BCUT2D eigenvalue weighted by molar-refractivity contribution is 8.00. The number of likely N-dealkylation sites (N-methyl/N-ethyl adjacent to an activating group) is 1. The van der Waals surface area contributed by atoms with Crippen LogP contribution in [-0.4, -0.2) is 71.9 Å². The molecule has 1 heterocycles. The molecule has 1 aromatic rings. The molecule has 0 spiro atoms. The molecule has 0 aromatic heterocycles. The largest absolute Gasteiger partial charge is 0.494 e. The van der Waals surface area contributed by atoms with Gasteiger partial charge in [-0.3, -0.25) is 14.5 Å². The third-order valence-corrected chi connectivity index (χ3v) is 5.55. The number of carbonyl (C=O) groups excluding carboxylic acids is 1. The van der Waals surface area contributed by atoms with E-state index in [1.54, 1.807) is 0 Å². The summed E-state index contributed by atoms with van der Waals surface area (Å²) in [6.07, 6.45) is 2.66. The monoisotopic (exact) mass is 380 g/mol. The minimum absolute atomic E-state index is 0.0478. The lowest BCUT2D eigenvalue weighted by Gasteiger charge is -2.25. The zero-order chi connectivity index (χ0) is 18.9. The molecule has 1 N–H and O–H groups in total. The van der Waals surface area contributed by atoms with E-state index in [1.807, 2.05) is 48.0 Å². The van der Waals surface area contributed by atoms with Gasteiger partial charge in [-0.2, -0.15) is 0 Å². The van der Waals surface area contributed by atoms with Crippen LogP contribution >= 0.6 is 11.8 Å². The van der Waals surface area contributed by atoms with Crippen molar-refractivity contribution in [3.8, 4) is 5.75 Å². The van der Waals surface area contributed by atoms with Crippen molar-refractivity contribution in [1.82, 2.24) is 9.80 Å². The standard InChI is InChI=1S/C19H28N2O4S/c1-3-25-16-6-8-17(9-7-16)26-14-18(22)21-11-4-5-15(10-12-21)20(2)13-19(23)24/h6-9,15H,3-5,10-14H2,1-2H3,(H,23,24). The van der Waals surface area contributed by atoms with Crippen molar-refractivity contribution in [2.75, 3.05) is 39.0 Å². The van der Waals surface area contributed by atoms with E-state index in [2.05, 4.69) is 0 Å². The van der Waals surface area contributed by atoms with Gasteiger partial charge in [-0.15, -0.1) is 11.8 Å². The lowest BCUT2D eigenvalue weighted by Crippen LogP contribution is -2.37. The summed E-state index contributed by atoms with van der Waals surface area (Å²) in [5.41, 5.74) is 0. The Morgan fingerprint density at radius 3 is 2.65 bits per heavy atom. The van der Waals surface area contributed by atoms with Crippen molar-refractivity contribution in [2.24, 2.45) is 0 Å². The number of amides is 1. The molecule has 1 aliphatic rings. The van der Waals surface area contributed by atoms with Gasteiger partial charge in [-0.05, 0) is 57.5 Å². The Bertz CT molecular complexity index is 594. The summed E-state index contributed by atoms with van der Waals surface area (Å²) >= 11 is 1.54. The van der Waals surface area contributed by atoms with Gasteiger partial charge in [0.2, 0.25) is 5.91 Å². The van der Waals surface area contributed by atoms with E-state index in [9.17, 15) is 9.59 Å². The number of thioether (sulfide) groups is 1. The number of benzene rings is 1. The van der Waals surface area contributed by atoms with Crippen LogP contribution in [0.1, 0.15) is 26.2 Å². The Morgan fingerprint density at radius 2 is 2.00 bits per heavy atom. The van der Waals surface area contributed by atoms with Crippen LogP contribution in [0.2, 0.25) is 0 Å². The molecule has 0 saturated carbocycles. The van der Waals surface area contributed by atoms with Crippen molar-refractivity contribution in [1.29, 1.82) is 0 Å². The second-order valence-corrected chi connectivity index (χ2v) is 7.52. The summed E-state index contributed by atoms with van der Waals surface area (Å²) in [5, 5.41) is 8.93. The summed E-state index contributed by atoms with van der Waals surface area (Å²) in [4.78, 5) is 28.2. The summed E-state index contributed by atoms with van der Waals surface area (Å²) in [7, 11) is 1.85. The molecular weight excluding hydrogens is 352 g/mol. The number of likely N-dealkylation sites (tertiary alicyclic amines) is 1. The van der Waals surface area contributed by atoms with Crippen LogP contribution in [0.25, 0.3) is 0 Å². The Hall–Kier alpha value is -1.73. The van der Waals surface area contributed by atoms with E-state index in [-0.39, 0.29) is 18.5 Å². The quantitative estimate of drug-likeness (QED) is 0.699. The first-order valence-corrected chi connectivity index (χ1v) is 10.0. The molecule has 1 unspecified atom stereocenters.